The molecule has 0 fully saturated rings. The van der Waals surface area contributed by atoms with Gasteiger partial charge in [-0.3, -0.25) is 0 Å². The first kappa shape index (κ1) is 24.9. The Morgan fingerprint density at radius 2 is 1.08 bits per heavy atom. The van der Waals surface area contributed by atoms with E-state index in [1.54, 1.807) is 0 Å². The third kappa shape index (κ3) is 7.99. The van der Waals surface area contributed by atoms with E-state index in [-0.39, 0.29) is 32.8 Å². The van der Waals surface area contributed by atoms with Gasteiger partial charge in [0.25, 0.3) is 0 Å². The molecule has 0 aliphatic rings. The summed E-state index contributed by atoms with van der Waals surface area (Å²) in [7, 11) is 0. The molecule has 25 heavy (non-hydrogen) atoms. The van der Waals surface area contributed by atoms with E-state index >= 15 is 0 Å². The molecule has 0 aromatic rings. The Kier molecular flexibility index (Phi) is 7.48. The predicted octanol–water partition coefficient (Wildman–Crippen LogP) is 6.81. The lowest BCUT2D eigenvalue weighted by atomic mass is 9.61. The first-order chi connectivity index (χ1) is 10.6. The third-order valence-corrected chi connectivity index (χ3v) is 6.51. The summed E-state index contributed by atoms with van der Waals surface area (Å²) in [6.07, 6.45) is 3.27. The maximum atomic E-state index is 6.45. The number of nitrogens with two attached hydrogens (primary N) is 1. The number of ether oxygens (including phenoxy) is 1. The first-order valence-electron chi connectivity index (χ1n) is 10.0. The van der Waals surface area contributed by atoms with E-state index < -0.39 is 0 Å². The zero-order chi connectivity index (χ0) is 20.5. The minimum Gasteiger partial charge on any atom is -0.375 e. The lowest BCUT2D eigenvalue weighted by Gasteiger charge is -2.50. The molecule has 0 aliphatic heterocycles. The van der Waals surface area contributed by atoms with Crippen LogP contribution in [-0.2, 0) is 4.74 Å². The van der Waals surface area contributed by atoms with Crippen LogP contribution in [0.1, 0.15) is 109 Å². The monoisotopic (exact) mass is 355 g/mol. The van der Waals surface area contributed by atoms with Crippen LogP contribution in [0, 0.1) is 21.7 Å². The predicted molar refractivity (Wildman–Crippen MR) is 113 cm³/mol. The number of rotatable bonds is 9. The van der Waals surface area contributed by atoms with Crippen LogP contribution in [0.15, 0.2) is 0 Å². The second kappa shape index (κ2) is 7.50. The van der Waals surface area contributed by atoms with Crippen molar-refractivity contribution in [3.63, 3.8) is 0 Å². The van der Waals surface area contributed by atoms with Crippen molar-refractivity contribution in [3.8, 4) is 0 Å². The molecule has 0 aliphatic carbocycles. The highest BCUT2D eigenvalue weighted by Gasteiger charge is 2.46. The fourth-order valence-corrected chi connectivity index (χ4v) is 4.35. The molecule has 2 nitrogen and oxygen atoms in total. The van der Waals surface area contributed by atoms with Crippen LogP contribution >= 0.6 is 0 Å². The fraction of sp³-hybridized carbons (Fsp3) is 1.00. The lowest BCUT2D eigenvalue weighted by molar-refractivity contribution is -0.144. The van der Waals surface area contributed by atoms with Crippen molar-refractivity contribution < 1.29 is 4.74 Å². The standard InChI is InChI=1S/C23H49NO/c1-18(2,3)22(10,11)23(12,13)25-15-14-19(4,5)16-20(6,7)17-21(8,9)24/h14-17,24H2,1-13H3. The zero-order valence-electron chi connectivity index (χ0n) is 19.8. The van der Waals surface area contributed by atoms with Gasteiger partial charge in [-0.15, -0.1) is 0 Å². The van der Waals surface area contributed by atoms with E-state index in [4.69, 9.17) is 10.5 Å². The van der Waals surface area contributed by atoms with Gasteiger partial charge in [-0.25, -0.2) is 0 Å². The van der Waals surface area contributed by atoms with Crippen molar-refractivity contribution in [1.82, 2.24) is 0 Å². The third-order valence-electron chi connectivity index (χ3n) is 6.51. The van der Waals surface area contributed by atoms with Crippen LogP contribution in [0.3, 0.4) is 0 Å². The first-order valence-corrected chi connectivity index (χ1v) is 10.0. The highest BCUT2D eigenvalue weighted by atomic mass is 16.5. The smallest absolute Gasteiger partial charge is 0.0682 e. The van der Waals surface area contributed by atoms with E-state index in [0.29, 0.717) is 0 Å². The molecular formula is C23H49NO. The van der Waals surface area contributed by atoms with Gasteiger partial charge in [-0.1, -0.05) is 62.3 Å². The quantitative estimate of drug-likeness (QED) is 0.493. The van der Waals surface area contributed by atoms with Gasteiger partial charge in [0, 0.05) is 12.1 Å². The molecule has 0 heterocycles. The molecule has 0 aromatic heterocycles. The van der Waals surface area contributed by atoms with Gasteiger partial charge in [-0.05, 0) is 68.6 Å². The molecule has 0 atom stereocenters. The average molecular weight is 356 g/mol. The molecule has 152 valence electrons. The molecule has 0 unspecified atom stereocenters. The molecule has 2 heteroatoms. The van der Waals surface area contributed by atoms with Crippen LogP contribution in [0.25, 0.3) is 0 Å². The van der Waals surface area contributed by atoms with E-state index in [2.05, 4.69) is 90.0 Å². The summed E-state index contributed by atoms with van der Waals surface area (Å²) < 4.78 is 6.45. The molecule has 0 spiro atoms. The number of hydrogen-bond donors (Lipinski definition) is 1. The summed E-state index contributed by atoms with van der Waals surface area (Å²) in [6, 6.07) is 0. The van der Waals surface area contributed by atoms with Crippen molar-refractivity contribution >= 4 is 0 Å². The Balaban J connectivity index is 4.81. The van der Waals surface area contributed by atoms with Crippen molar-refractivity contribution in [1.29, 1.82) is 0 Å². The van der Waals surface area contributed by atoms with Gasteiger partial charge in [0.05, 0.1) is 5.60 Å². The Hall–Kier alpha value is -0.0800. The second-order valence-electron chi connectivity index (χ2n) is 12.7. The van der Waals surface area contributed by atoms with E-state index in [1.165, 1.54) is 0 Å². The van der Waals surface area contributed by atoms with Crippen molar-refractivity contribution in [3.05, 3.63) is 0 Å². The Labute approximate surface area is 159 Å². The molecule has 0 radical (unpaired) electrons. The summed E-state index contributed by atoms with van der Waals surface area (Å²) in [5, 5.41) is 0. The van der Waals surface area contributed by atoms with Gasteiger partial charge in [-0.2, -0.15) is 0 Å². The zero-order valence-corrected chi connectivity index (χ0v) is 19.8. The SMILES string of the molecule is CC(C)(N)CC(C)(C)CC(C)(C)CCOC(C)(C)C(C)(C)C(C)(C)C. The van der Waals surface area contributed by atoms with Gasteiger partial charge in [0.15, 0.2) is 0 Å². The summed E-state index contributed by atoms with van der Waals surface area (Å²) in [5.41, 5.74) is 6.76. The van der Waals surface area contributed by atoms with Crippen molar-refractivity contribution in [2.75, 3.05) is 6.61 Å². The summed E-state index contributed by atoms with van der Waals surface area (Å²) in [5.74, 6) is 0. The van der Waals surface area contributed by atoms with Crippen LogP contribution in [0.4, 0.5) is 0 Å². The second-order valence-corrected chi connectivity index (χ2v) is 12.7. The molecule has 0 aromatic carbocycles. The molecule has 2 N–H and O–H groups in total. The maximum absolute atomic E-state index is 6.45. The highest BCUT2D eigenvalue weighted by molar-refractivity contribution is 4.96. The van der Waals surface area contributed by atoms with Crippen LogP contribution < -0.4 is 5.73 Å². The molecule has 0 saturated heterocycles. The van der Waals surface area contributed by atoms with E-state index in [0.717, 1.165) is 25.9 Å². The minimum atomic E-state index is -0.157. The van der Waals surface area contributed by atoms with Crippen molar-refractivity contribution in [2.24, 2.45) is 27.4 Å². The maximum Gasteiger partial charge on any atom is 0.0682 e. The van der Waals surface area contributed by atoms with Gasteiger partial charge in [0.2, 0.25) is 0 Å². The fourth-order valence-electron chi connectivity index (χ4n) is 4.35. The normalized spacial score (nSPS) is 15.6. The summed E-state index contributed by atoms with van der Waals surface area (Å²) in [4.78, 5) is 0. The van der Waals surface area contributed by atoms with E-state index in [1.807, 2.05) is 0 Å². The van der Waals surface area contributed by atoms with Crippen LogP contribution in [0.2, 0.25) is 0 Å². The van der Waals surface area contributed by atoms with Crippen molar-refractivity contribution in [2.45, 2.75) is 120 Å². The Morgan fingerprint density at radius 1 is 0.640 bits per heavy atom. The Bertz CT molecular complexity index is 416. The summed E-state index contributed by atoms with van der Waals surface area (Å²) in [6.45, 7) is 30.5. The van der Waals surface area contributed by atoms with Gasteiger partial charge >= 0.3 is 0 Å². The topological polar surface area (TPSA) is 35.2 Å². The largest absolute Gasteiger partial charge is 0.375 e. The van der Waals surface area contributed by atoms with E-state index in [9.17, 15) is 0 Å². The minimum absolute atomic E-state index is 0.0903. The van der Waals surface area contributed by atoms with Crippen LogP contribution in [-0.4, -0.2) is 17.7 Å². The van der Waals surface area contributed by atoms with Crippen LogP contribution in [0.5, 0.6) is 0 Å². The Morgan fingerprint density at radius 3 is 1.44 bits per heavy atom. The van der Waals surface area contributed by atoms with Gasteiger partial charge < -0.3 is 10.5 Å². The highest BCUT2D eigenvalue weighted by Crippen LogP contribution is 2.48. The molecular weight excluding hydrogens is 306 g/mol. The summed E-state index contributed by atoms with van der Waals surface area (Å²) >= 11 is 0. The molecule has 0 rings (SSSR count). The molecule has 0 bridgehead atoms. The lowest BCUT2D eigenvalue weighted by Crippen LogP contribution is -2.50. The molecule has 0 amide bonds. The number of hydrogen-bond acceptors (Lipinski definition) is 2. The molecule has 0 saturated carbocycles. The van der Waals surface area contributed by atoms with Gasteiger partial charge in [0.1, 0.15) is 0 Å². The average Bonchev–Trinajstić information content (AvgIpc) is 2.20.